The van der Waals surface area contributed by atoms with E-state index in [-0.39, 0.29) is 0 Å². The van der Waals surface area contributed by atoms with E-state index in [1.807, 2.05) is 6.20 Å². The van der Waals surface area contributed by atoms with E-state index < -0.39 is 0 Å². The lowest BCUT2D eigenvalue weighted by Gasteiger charge is -2.17. The maximum absolute atomic E-state index is 4.58. The maximum atomic E-state index is 4.58. The van der Waals surface area contributed by atoms with E-state index >= 15 is 0 Å². The molecule has 0 radical (unpaired) electrons. The highest BCUT2D eigenvalue weighted by atomic mass is 79.9. The molecule has 2 nitrogen and oxygen atoms in total. The minimum absolute atomic E-state index is 0.591. The summed E-state index contributed by atoms with van der Waals surface area (Å²) in [5.74, 6) is 0.792. The quantitative estimate of drug-likeness (QED) is 0.740. The van der Waals surface area contributed by atoms with Crippen molar-refractivity contribution in [2.45, 2.75) is 56.8 Å². The van der Waals surface area contributed by atoms with E-state index in [2.05, 4.69) is 39.6 Å². The second-order valence-corrected chi connectivity index (χ2v) is 4.94. The Morgan fingerprint density at radius 3 is 2.60 bits per heavy atom. The summed E-state index contributed by atoms with van der Waals surface area (Å²) in [5.41, 5.74) is 2.89. The van der Waals surface area contributed by atoms with Gasteiger partial charge in [0.15, 0.2) is 0 Å². The Balaban J connectivity index is 2.32. The number of hydrogen-bond acceptors (Lipinski definition) is 1. The number of aromatic nitrogens is 2. The van der Waals surface area contributed by atoms with Gasteiger partial charge in [0.2, 0.25) is 0 Å². The molecule has 3 heteroatoms. The van der Waals surface area contributed by atoms with Crippen LogP contribution in [0.5, 0.6) is 0 Å². The van der Waals surface area contributed by atoms with E-state index in [4.69, 9.17) is 0 Å². The molecule has 0 N–H and O–H groups in total. The minimum atomic E-state index is 0.591. The van der Waals surface area contributed by atoms with E-state index in [0.717, 1.165) is 11.2 Å². The van der Waals surface area contributed by atoms with Crippen LogP contribution in [0.1, 0.15) is 62.7 Å². The van der Waals surface area contributed by atoms with E-state index in [1.54, 1.807) is 0 Å². The molecule has 1 aromatic heterocycles. The molecule has 0 bridgehead atoms. The van der Waals surface area contributed by atoms with Gasteiger partial charge in [-0.15, -0.1) is 0 Å². The zero-order chi connectivity index (χ0) is 10.8. The van der Waals surface area contributed by atoms with Crippen molar-refractivity contribution in [2.75, 3.05) is 0 Å². The molecule has 0 atom stereocenters. The van der Waals surface area contributed by atoms with Crippen molar-refractivity contribution in [3.63, 3.8) is 0 Å². The number of nitrogens with zero attached hydrogens (tertiary/aromatic N) is 2. The molecule has 1 aliphatic rings. The van der Waals surface area contributed by atoms with Gasteiger partial charge in [-0.1, -0.05) is 29.8 Å². The summed E-state index contributed by atoms with van der Waals surface area (Å²) in [7, 11) is 0. The van der Waals surface area contributed by atoms with Crippen molar-refractivity contribution < 1.29 is 0 Å². The van der Waals surface area contributed by atoms with Gasteiger partial charge in [0, 0.05) is 22.5 Å². The third-order valence-electron chi connectivity index (χ3n) is 3.31. The van der Waals surface area contributed by atoms with Gasteiger partial charge in [0.25, 0.3) is 0 Å². The maximum Gasteiger partial charge on any atom is 0.0533 e. The van der Waals surface area contributed by atoms with Crippen LogP contribution in [-0.2, 0) is 5.33 Å². The topological polar surface area (TPSA) is 17.8 Å². The molecule has 0 spiro atoms. The van der Waals surface area contributed by atoms with Crippen molar-refractivity contribution in [1.29, 1.82) is 0 Å². The van der Waals surface area contributed by atoms with Crippen molar-refractivity contribution in [1.82, 2.24) is 9.78 Å². The average Bonchev–Trinajstić information content (AvgIpc) is 3.01. The predicted molar refractivity (Wildman–Crippen MR) is 66.5 cm³/mol. The Morgan fingerprint density at radius 2 is 2.13 bits per heavy atom. The molecule has 0 saturated heterocycles. The molecule has 0 amide bonds. The van der Waals surface area contributed by atoms with E-state index in [1.165, 1.54) is 36.9 Å². The number of rotatable bonds is 5. The zero-order valence-electron chi connectivity index (χ0n) is 9.54. The van der Waals surface area contributed by atoms with Gasteiger partial charge in [-0.2, -0.15) is 5.10 Å². The highest BCUT2D eigenvalue weighted by Gasteiger charge is 2.31. The Hall–Kier alpha value is -0.310. The summed E-state index contributed by atoms with van der Waals surface area (Å²) in [6, 6.07) is 0.591. The van der Waals surface area contributed by atoms with Gasteiger partial charge in [-0.25, -0.2) is 0 Å². The molecule has 2 rings (SSSR count). The number of halogens is 1. The molecule has 1 aliphatic carbocycles. The fourth-order valence-electron chi connectivity index (χ4n) is 2.24. The van der Waals surface area contributed by atoms with Crippen LogP contribution in [0.2, 0.25) is 0 Å². The smallest absolute Gasteiger partial charge is 0.0533 e. The predicted octanol–water partition coefficient (Wildman–Crippen LogP) is 4.02. The molecular formula is C12H19BrN2. The molecule has 0 aromatic carbocycles. The number of hydrogen-bond donors (Lipinski definition) is 0. The van der Waals surface area contributed by atoms with Crippen molar-refractivity contribution in [3.05, 3.63) is 17.5 Å². The van der Waals surface area contributed by atoms with Crippen LogP contribution in [0.3, 0.4) is 0 Å². The fourth-order valence-corrected chi connectivity index (χ4v) is 2.67. The van der Waals surface area contributed by atoms with Gasteiger partial charge in [-0.05, 0) is 25.7 Å². The average molecular weight is 271 g/mol. The first kappa shape index (κ1) is 11.2. The van der Waals surface area contributed by atoms with Crippen LogP contribution >= 0.6 is 15.9 Å². The summed E-state index contributed by atoms with van der Waals surface area (Å²) in [4.78, 5) is 0. The number of alkyl halides is 1. The normalized spacial score (nSPS) is 16.3. The van der Waals surface area contributed by atoms with Crippen molar-refractivity contribution in [3.8, 4) is 0 Å². The minimum Gasteiger partial charge on any atom is -0.266 e. The third-order valence-corrected chi connectivity index (χ3v) is 3.91. The molecule has 1 aromatic rings. The lowest BCUT2D eigenvalue weighted by Crippen LogP contribution is -2.12. The van der Waals surface area contributed by atoms with Gasteiger partial charge in [0.1, 0.15) is 0 Å². The molecule has 84 valence electrons. The highest BCUT2D eigenvalue weighted by Crippen LogP contribution is 2.43. The van der Waals surface area contributed by atoms with Crippen LogP contribution < -0.4 is 0 Å². The van der Waals surface area contributed by atoms with Crippen LogP contribution in [0.25, 0.3) is 0 Å². The first-order chi connectivity index (χ1) is 7.31. The van der Waals surface area contributed by atoms with Gasteiger partial charge < -0.3 is 0 Å². The molecule has 0 unspecified atom stereocenters. The summed E-state index contributed by atoms with van der Waals surface area (Å²) >= 11 is 3.56. The largest absolute Gasteiger partial charge is 0.266 e. The molecule has 1 heterocycles. The highest BCUT2D eigenvalue weighted by molar-refractivity contribution is 9.08. The fraction of sp³-hybridized carbons (Fsp3) is 0.750. The first-order valence-corrected chi connectivity index (χ1v) is 7.06. The Kier molecular flexibility index (Phi) is 3.49. The second kappa shape index (κ2) is 4.69. The Labute approximate surface area is 100 Å². The summed E-state index contributed by atoms with van der Waals surface area (Å²) < 4.78 is 2.29. The summed E-state index contributed by atoms with van der Waals surface area (Å²) in [5, 5.41) is 5.52. The van der Waals surface area contributed by atoms with Crippen LogP contribution in [-0.4, -0.2) is 9.78 Å². The van der Waals surface area contributed by atoms with Gasteiger partial charge in [0.05, 0.1) is 12.2 Å². The second-order valence-electron chi connectivity index (χ2n) is 4.38. The van der Waals surface area contributed by atoms with Gasteiger partial charge >= 0.3 is 0 Å². The zero-order valence-corrected chi connectivity index (χ0v) is 11.1. The first-order valence-electron chi connectivity index (χ1n) is 5.94. The Bertz CT molecular complexity index is 324. The van der Waals surface area contributed by atoms with Crippen LogP contribution in [0.15, 0.2) is 6.20 Å². The van der Waals surface area contributed by atoms with Crippen molar-refractivity contribution >= 4 is 15.9 Å². The molecule has 1 fully saturated rings. The summed E-state index contributed by atoms with van der Waals surface area (Å²) in [6.45, 7) is 4.50. The summed E-state index contributed by atoms with van der Waals surface area (Å²) in [6.07, 6.45) is 7.11. The third kappa shape index (κ3) is 2.12. The lowest BCUT2D eigenvalue weighted by molar-refractivity contribution is 0.414. The van der Waals surface area contributed by atoms with Crippen LogP contribution in [0.4, 0.5) is 0 Å². The van der Waals surface area contributed by atoms with E-state index in [9.17, 15) is 0 Å². The van der Waals surface area contributed by atoms with Crippen LogP contribution in [0, 0.1) is 0 Å². The van der Waals surface area contributed by atoms with Gasteiger partial charge in [-0.3, -0.25) is 4.68 Å². The van der Waals surface area contributed by atoms with E-state index in [0.29, 0.717) is 6.04 Å². The standard InChI is InChI=1S/C12H19BrN2/c1-3-11(4-2)15-12(9-5-6-9)10(7-13)8-14-15/h8-9,11H,3-7H2,1-2H3. The molecule has 0 aliphatic heterocycles. The van der Waals surface area contributed by atoms with Crippen molar-refractivity contribution in [2.24, 2.45) is 0 Å². The molecule has 15 heavy (non-hydrogen) atoms. The SMILES string of the molecule is CCC(CC)n1ncc(CBr)c1C1CC1. The molecule has 1 saturated carbocycles. The Morgan fingerprint density at radius 1 is 1.47 bits per heavy atom. The molecular weight excluding hydrogens is 252 g/mol. The lowest BCUT2D eigenvalue weighted by atomic mass is 10.1. The monoisotopic (exact) mass is 270 g/mol.